The Morgan fingerprint density at radius 3 is 2.46 bits per heavy atom. The Balaban J connectivity index is 1.82. The van der Waals surface area contributed by atoms with E-state index in [4.69, 9.17) is 4.98 Å². The van der Waals surface area contributed by atoms with Crippen molar-refractivity contribution in [3.63, 3.8) is 0 Å². The summed E-state index contributed by atoms with van der Waals surface area (Å²) in [6.45, 7) is 4.29. The van der Waals surface area contributed by atoms with Gasteiger partial charge >= 0.3 is 0 Å². The highest BCUT2D eigenvalue weighted by Gasteiger charge is 2.13. The highest BCUT2D eigenvalue weighted by molar-refractivity contribution is 9.10. The van der Waals surface area contributed by atoms with Crippen molar-refractivity contribution in [1.29, 1.82) is 0 Å². The average molecular weight is 380 g/mol. The Bertz CT molecular complexity index is 1060. The molecule has 0 amide bonds. The monoisotopic (exact) mass is 379 g/mol. The molecule has 0 aliphatic carbocycles. The summed E-state index contributed by atoms with van der Waals surface area (Å²) in [5.41, 5.74) is 7.10. The zero-order valence-corrected chi connectivity index (χ0v) is 15.5. The molecule has 3 nitrogen and oxygen atoms in total. The summed E-state index contributed by atoms with van der Waals surface area (Å²) in [6.07, 6.45) is 4.23. The molecule has 0 bridgehead atoms. The number of imidazole rings is 2. The van der Waals surface area contributed by atoms with Crippen molar-refractivity contribution in [2.45, 2.75) is 13.8 Å². The molecule has 0 radical (unpaired) electrons. The number of hydrogen-bond donors (Lipinski definition) is 0. The lowest BCUT2D eigenvalue weighted by Gasteiger charge is -2.06. The second kappa shape index (κ2) is 5.64. The first-order valence-corrected chi connectivity index (χ1v) is 8.70. The van der Waals surface area contributed by atoms with Crippen LogP contribution in [0, 0.1) is 13.8 Å². The van der Waals surface area contributed by atoms with Gasteiger partial charge in [0.2, 0.25) is 5.78 Å². The Labute approximate surface area is 149 Å². The van der Waals surface area contributed by atoms with Gasteiger partial charge in [0.15, 0.2) is 0 Å². The van der Waals surface area contributed by atoms with E-state index in [9.17, 15) is 0 Å². The lowest BCUT2D eigenvalue weighted by Crippen LogP contribution is -1.93. The quantitative estimate of drug-likeness (QED) is 0.457. The summed E-state index contributed by atoms with van der Waals surface area (Å²) in [5, 5.41) is 0. The van der Waals surface area contributed by atoms with E-state index in [0.29, 0.717) is 0 Å². The lowest BCUT2D eigenvalue weighted by molar-refractivity contribution is 0.945. The van der Waals surface area contributed by atoms with Crippen LogP contribution in [0.15, 0.2) is 59.3 Å². The van der Waals surface area contributed by atoms with Crippen molar-refractivity contribution in [2.24, 2.45) is 7.05 Å². The minimum Gasteiger partial charge on any atom is -0.313 e. The first-order chi connectivity index (χ1) is 11.5. The van der Waals surface area contributed by atoms with Crippen LogP contribution in [0.25, 0.3) is 28.3 Å². The second-order valence-electron chi connectivity index (χ2n) is 6.22. The number of benzene rings is 2. The molecular weight excluding hydrogens is 362 g/mol. The van der Waals surface area contributed by atoms with Crippen molar-refractivity contribution in [3.8, 4) is 22.5 Å². The molecule has 0 spiro atoms. The van der Waals surface area contributed by atoms with Gasteiger partial charge in [-0.1, -0.05) is 40.2 Å². The molecule has 0 aliphatic heterocycles. The predicted molar refractivity (Wildman–Crippen MR) is 102 cm³/mol. The van der Waals surface area contributed by atoms with Gasteiger partial charge in [-0.25, -0.2) is 4.98 Å². The number of aryl methyl sites for hydroxylation is 3. The summed E-state index contributed by atoms with van der Waals surface area (Å²) in [7, 11) is 2.07. The third kappa shape index (κ3) is 2.47. The Morgan fingerprint density at radius 1 is 0.917 bits per heavy atom. The summed E-state index contributed by atoms with van der Waals surface area (Å²) >= 11 is 3.52. The van der Waals surface area contributed by atoms with Gasteiger partial charge < -0.3 is 4.57 Å². The molecule has 0 atom stereocenters. The number of nitrogens with zero attached hydrogens (tertiary/aromatic N) is 3. The van der Waals surface area contributed by atoms with E-state index in [0.717, 1.165) is 21.5 Å². The van der Waals surface area contributed by atoms with E-state index in [2.05, 4.69) is 88.5 Å². The van der Waals surface area contributed by atoms with E-state index < -0.39 is 0 Å². The van der Waals surface area contributed by atoms with E-state index in [-0.39, 0.29) is 0 Å². The fourth-order valence-electron chi connectivity index (χ4n) is 3.01. The van der Waals surface area contributed by atoms with Crippen LogP contribution in [0.4, 0.5) is 0 Å². The van der Waals surface area contributed by atoms with E-state index in [1.54, 1.807) is 0 Å². The second-order valence-corrected chi connectivity index (χ2v) is 7.13. The smallest absolute Gasteiger partial charge is 0.214 e. The van der Waals surface area contributed by atoms with Crippen LogP contribution in [0.5, 0.6) is 0 Å². The van der Waals surface area contributed by atoms with Gasteiger partial charge in [0.1, 0.15) is 0 Å². The minimum atomic E-state index is 0.943. The number of hydrogen-bond acceptors (Lipinski definition) is 1. The van der Waals surface area contributed by atoms with Crippen molar-refractivity contribution in [1.82, 2.24) is 14.0 Å². The van der Waals surface area contributed by atoms with Crippen LogP contribution in [0.1, 0.15) is 11.1 Å². The Morgan fingerprint density at radius 2 is 1.75 bits per heavy atom. The molecule has 4 rings (SSSR count). The first kappa shape index (κ1) is 15.2. The van der Waals surface area contributed by atoms with Crippen LogP contribution in [0.3, 0.4) is 0 Å². The highest BCUT2D eigenvalue weighted by Crippen LogP contribution is 2.27. The average Bonchev–Trinajstić information content (AvgIpc) is 3.10. The number of halogens is 1. The molecule has 24 heavy (non-hydrogen) atoms. The SMILES string of the molecule is Cc1ccc(-c2cn3cc(-c4cccc(Br)c4)nc3n2C)cc1C. The largest absolute Gasteiger partial charge is 0.313 e. The maximum atomic E-state index is 4.81. The molecule has 2 aromatic heterocycles. The van der Waals surface area contributed by atoms with Gasteiger partial charge in [-0.05, 0) is 43.2 Å². The van der Waals surface area contributed by atoms with Crippen LogP contribution >= 0.6 is 15.9 Å². The van der Waals surface area contributed by atoms with E-state index >= 15 is 0 Å². The fraction of sp³-hybridized carbons (Fsp3) is 0.150. The van der Waals surface area contributed by atoms with Crippen LogP contribution in [-0.2, 0) is 7.05 Å². The Hall–Kier alpha value is -2.33. The number of fused-ring (bicyclic) bond motifs is 1. The fourth-order valence-corrected chi connectivity index (χ4v) is 3.41. The van der Waals surface area contributed by atoms with Gasteiger partial charge in [0.05, 0.1) is 11.4 Å². The van der Waals surface area contributed by atoms with Gasteiger partial charge in [-0.15, -0.1) is 0 Å². The van der Waals surface area contributed by atoms with Crippen LogP contribution in [-0.4, -0.2) is 14.0 Å². The maximum absolute atomic E-state index is 4.81. The third-order valence-electron chi connectivity index (χ3n) is 4.56. The molecule has 120 valence electrons. The molecule has 0 aliphatic rings. The summed E-state index contributed by atoms with van der Waals surface area (Å²) < 4.78 is 5.31. The van der Waals surface area contributed by atoms with Gasteiger partial charge in [0, 0.05) is 35.0 Å². The molecule has 4 aromatic rings. The molecule has 0 fully saturated rings. The molecule has 0 saturated carbocycles. The first-order valence-electron chi connectivity index (χ1n) is 7.91. The molecule has 2 aromatic carbocycles. The molecular formula is C20H18BrN3. The minimum absolute atomic E-state index is 0.943. The van der Waals surface area contributed by atoms with Crippen molar-refractivity contribution in [3.05, 3.63) is 70.5 Å². The maximum Gasteiger partial charge on any atom is 0.214 e. The summed E-state index contributed by atoms with van der Waals surface area (Å²) in [4.78, 5) is 4.81. The topological polar surface area (TPSA) is 22.2 Å². The molecule has 0 unspecified atom stereocenters. The number of rotatable bonds is 2. The van der Waals surface area contributed by atoms with Gasteiger partial charge in [-0.2, -0.15) is 0 Å². The molecule has 0 saturated heterocycles. The summed E-state index contributed by atoms with van der Waals surface area (Å²) in [6, 6.07) is 14.8. The van der Waals surface area contributed by atoms with Crippen LogP contribution in [0.2, 0.25) is 0 Å². The van der Waals surface area contributed by atoms with Crippen molar-refractivity contribution < 1.29 is 0 Å². The normalized spacial score (nSPS) is 11.3. The van der Waals surface area contributed by atoms with Crippen molar-refractivity contribution >= 4 is 21.7 Å². The zero-order chi connectivity index (χ0) is 16.8. The summed E-state index contributed by atoms with van der Waals surface area (Å²) in [5.74, 6) is 0.943. The highest BCUT2D eigenvalue weighted by atomic mass is 79.9. The molecule has 4 heteroatoms. The van der Waals surface area contributed by atoms with E-state index in [1.165, 1.54) is 22.4 Å². The van der Waals surface area contributed by atoms with Crippen LogP contribution < -0.4 is 0 Å². The lowest BCUT2D eigenvalue weighted by atomic mass is 10.0. The van der Waals surface area contributed by atoms with Gasteiger partial charge in [-0.3, -0.25) is 4.40 Å². The molecule has 2 heterocycles. The number of aromatic nitrogens is 3. The van der Waals surface area contributed by atoms with Gasteiger partial charge in [0.25, 0.3) is 0 Å². The third-order valence-corrected chi connectivity index (χ3v) is 5.05. The zero-order valence-electron chi connectivity index (χ0n) is 13.9. The predicted octanol–water partition coefficient (Wildman–Crippen LogP) is 5.39. The standard InChI is InChI=1S/C20H18BrN3/c1-13-7-8-16(9-14(13)2)19-12-24-11-18(22-20(24)23(19)3)15-5-4-6-17(21)10-15/h4-12H,1-3H3. The van der Waals surface area contributed by atoms with E-state index in [1.807, 2.05) is 12.1 Å². The van der Waals surface area contributed by atoms with Crippen molar-refractivity contribution in [2.75, 3.05) is 0 Å². The Kier molecular flexibility index (Phi) is 3.57. The molecule has 0 N–H and O–H groups in total.